The van der Waals surface area contributed by atoms with Crippen molar-refractivity contribution in [1.29, 1.82) is 0 Å². The molecule has 2 aromatic rings. The first-order valence-electron chi connectivity index (χ1n) is 4.59. The molecule has 0 radical (unpaired) electrons. The molecule has 0 fully saturated rings. The largest absolute Gasteiger partial charge is 2.00 e. The van der Waals surface area contributed by atoms with Gasteiger partial charge in [0.15, 0.2) is 0 Å². The van der Waals surface area contributed by atoms with Gasteiger partial charge in [0.05, 0.1) is 0 Å². The van der Waals surface area contributed by atoms with Gasteiger partial charge in [-0.3, -0.25) is 0 Å². The van der Waals surface area contributed by atoms with Crippen LogP contribution in [0.15, 0.2) is 54.6 Å². The van der Waals surface area contributed by atoms with Crippen LogP contribution in [0.25, 0.3) is 0 Å². The summed E-state index contributed by atoms with van der Waals surface area (Å²) in [6, 6.07) is 20.6. The van der Waals surface area contributed by atoms with Crippen molar-refractivity contribution < 1.29 is 31.1 Å². The fraction of sp³-hybridized carbons (Fsp3) is 0.0714. The second-order valence-corrected chi connectivity index (χ2v) is 3.00. The van der Waals surface area contributed by atoms with E-state index in [1.807, 2.05) is 48.5 Å². The first-order valence-corrected chi connectivity index (χ1v) is 4.59. The van der Waals surface area contributed by atoms with Gasteiger partial charge < -0.3 is 0 Å². The summed E-state index contributed by atoms with van der Waals surface area (Å²) in [6.45, 7) is 5.88. The molecule has 0 nitrogen and oxygen atoms in total. The van der Waals surface area contributed by atoms with Crippen molar-refractivity contribution in [2.75, 3.05) is 0 Å². The molecule has 0 N–H and O–H groups in total. The maximum absolute atomic E-state index is 3.82. The Hall–Kier alpha value is -0.638. The summed E-state index contributed by atoms with van der Waals surface area (Å²) < 4.78 is 0. The van der Waals surface area contributed by atoms with Crippen LogP contribution < -0.4 is 0 Å². The van der Waals surface area contributed by atoms with Crippen LogP contribution in [0.3, 0.4) is 0 Å². The van der Waals surface area contributed by atoms with E-state index in [0.29, 0.717) is 0 Å². The molecule has 0 amide bonds. The molecule has 0 atom stereocenters. The topological polar surface area (TPSA) is 0 Å². The molecule has 74 valence electrons. The van der Waals surface area contributed by atoms with Crippen molar-refractivity contribution in [3.8, 4) is 0 Å². The van der Waals surface area contributed by atoms with Gasteiger partial charge in [0.2, 0.25) is 0 Å². The van der Waals surface area contributed by atoms with Crippen LogP contribution in [0.4, 0.5) is 0 Å². The Balaban J connectivity index is 0.000000253. The minimum atomic E-state index is 0. The summed E-state index contributed by atoms with van der Waals surface area (Å²) in [5, 5.41) is 0. The van der Waals surface area contributed by atoms with Crippen LogP contribution in [-0.2, 0) is 0 Å². The third-order valence-electron chi connectivity index (χ3n) is 1.87. The summed E-state index contributed by atoms with van der Waals surface area (Å²) in [7, 11) is 0. The molecule has 15 heavy (non-hydrogen) atoms. The Labute approximate surface area is 116 Å². The van der Waals surface area contributed by atoms with Crippen LogP contribution in [0.5, 0.6) is 0 Å². The second kappa shape index (κ2) is 8.65. The molecule has 0 unspecified atom stereocenters. The summed E-state index contributed by atoms with van der Waals surface area (Å²) in [5.41, 5.74) is 2.38. The van der Waals surface area contributed by atoms with Crippen LogP contribution in [0.1, 0.15) is 11.1 Å². The molecule has 0 bridgehead atoms. The van der Waals surface area contributed by atoms with E-state index in [9.17, 15) is 0 Å². The minimum absolute atomic E-state index is 0. The molecular formula is C14H14U. The van der Waals surface area contributed by atoms with Gasteiger partial charge in [-0.05, 0) is 0 Å². The average molecular weight is 420 g/mol. The molecule has 2 rings (SSSR count). The fourth-order valence-corrected chi connectivity index (χ4v) is 0.952. The first-order chi connectivity index (χ1) is 6.80. The van der Waals surface area contributed by atoms with E-state index in [-0.39, 0.29) is 31.1 Å². The zero-order chi connectivity index (χ0) is 10.2. The zero-order valence-electron chi connectivity index (χ0n) is 8.90. The first kappa shape index (κ1) is 14.4. The number of hydrogen-bond acceptors (Lipinski definition) is 0. The van der Waals surface area contributed by atoms with E-state index in [1.165, 1.54) is 5.56 Å². The van der Waals surface area contributed by atoms with Crippen LogP contribution in [0.2, 0.25) is 0 Å². The molecule has 2 aromatic carbocycles. The molecule has 0 heterocycles. The molecule has 1 heteroatoms. The van der Waals surface area contributed by atoms with Crippen LogP contribution in [0, 0.1) is 51.0 Å². The Morgan fingerprint density at radius 3 is 1.80 bits per heavy atom. The molecule has 0 aliphatic heterocycles. The molecule has 0 saturated carbocycles. The van der Waals surface area contributed by atoms with Gasteiger partial charge >= 0.3 is 31.1 Å². The molecule has 0 saturated heterocycles. The molecule has 0 aliphatic carbocycles. The third kappa shape index (κ3) is 6.44. The van der Waals surface area contributed by atoms with Gasteiger partial charge in [0.25, 0.3) is 0 Å². The van der Waals surface area contributed by atoms with Crippen molar-refractivity contribution in [1.82, 2.24) is 0 Å². The predicted molar refractivity (Wildman–Crippen MR) is 60.9 cm³/mol. The van der Waals surface area contributed by atoms with Crippen molar-refractivity contribution in [2.24, 2.45) is 0 Å². The summed E-state index contributed by atoms with van der Waals surface area (Å²) >= 11 is 0. The molecule has 0 spiro atoms. The molecular weight excluding hydrogens is 406 g/mol. The standard InChI is InChI=1S/C8H9.C6H5.U/c1-7-5-3-4-6-8(7)2;1-2-4-6-5-3-1;/h3-6H,1H2,2H3;1-5H;/q2*-1;+2. The quantitative estimate of drug-likeness (QED) is 0.571. The number of hydrogen-bond donors (Lipinski definition) is 0. The van der Waals surface area contributed by atoms with E-state index in [2.05, 4.69) is 26.0 Å². The summed E-state index contributed by atoms with van der Waals surface area (Å²) in [4.78, 5) is 0. The maximum atomic E-state index is 3.82. The second-order valence-electron chi connectivity index (χ2n) is 3.00. The SMILES string of the molecule is [CH2-]c1ccccc1C.[U+2].[c-]1ccccc1. The van der Waals surface area contributed by atoms with Crippen molar-refractivity contribution >= 4 is 0 Å². The van der Waals surface area contributed by atoms with Gasteiger partial charge in [-0.15, -0.1) is 12.1 Å². The van der Waals surface area contributed by atoms with Crippen LogP contribution in [-0.4, -0.2) is 0 Å². The summed E-state index contributed by atoms with van der Waals surface area (Å²) in [6.07, 6.45) is 0. The van der Waals surface area contributed by atoms with Gasteiger partial charge in [0.1, 0.15) is 0 Å². The Morgan fingerprint density at radius 1 is 0.933 bits per heavy atom. The van der Waals surface area contributed by atoms with Crippen molar-refractivity contribution in [2.45, 2.75) is 6.92 Å². The fourth-order valence-electron chi connectivity index (χ4n) is 0.952. The number of benzene rings is 2. The zero-order valence-corrected chi connectivity index (χ0v) is 13.1. The van der Waals surface area contributed by atoms with E-state index in [4.69, 9.17) is 0 Å². The maximum Gasteiger partial charge on any atom is 2.00 e. The predicted octanol–water partition coefficient (Wildman–Crippen LogP) is 3.66. The van der Waals surface area contributed by atoms with E-state index < -0.39 is 0 Å². The smallest absolute Gasteiger partial charge is 0.198 e. The van der Waals surface area contributed by atoms with E-state index in [0.717, 1.165) is 5.56 Å². The van der Waals surface area contributed by atoms with Crippen LogP contribution >= 0.6 is 0 Å². The monoisotopic (exact) mass is 420 g/mol. The summed E-state index contributed by atoms with van der Waals surface area (Å²) in [5.74, 6) is 0. The molecule has 0 aliphatic rings. The number of aryl methyl sites for hydroxylation is 1. The van der Waals surface area contributed by atoms with Crippen molar-refractivity contribution in [3.05, 3.63) is 78.7 Å². The van der Waals surface area contributed by atoms with Crippen molar-refractivity contribution in [3.63, 3.8) is 0 Å². The Kier molecular flexibility index (Phi) is 8.28. The average Bonchev–Trinajstić information content (AvgIpc) is 2.26. The number of rotatable bonds is 0. The van der Waals surface area contributed by atoms with E-state index in [1.54, 1.807) is 0 Å². The molecule has 0 aromatic heterocycles. The normalized spacial score (nSPS) is 8.07. The third-order valence-corrected chi connectivity index (χ3v) is 1.87. The minimum Gasteiger partial charge on any atom is -0.198 e. The van der Waals surface area contributed by atoms with Gasteiger partial charge in [-0.25, -0.2) is 0 Å². The van der Waals surface area contributed by atoms with E-state index >= 15 is 0 Å². The van der Waals surface area contributed by atoms with Gasteiger partial charge in [-0.2, -0.15) is 60.5 Å². The Bertz CT molecular complexity index is 307. The Morgan fingerprint density at radius 2 is 1.53 bits per heavy atom. The van der Waals surface area contributed by atoms with Gasteiger partial charge in [0, 0.05) is 0 Å². The van der Waals surface area contributed by atoms with Gasteiger partial charge in [-0.1, -0.05) is 13.0 Å².